The van der Waals surface area contributed by atoms with Crippen molar-refractivity contribution in [2.45, 2.75) is 24.9 Å². The van der Waals surface area contributed by atoms with Gasteiger partial charge in [-0.15, -0.1) is 0 Å². The highest BCUT2D eigenvalue weighted by Crippen LogP contribution is 2.55. The van der Waals surface area contributed by atoms with Crippen molar-refractivity contribution in [2.75, 3.05) is 6.61 Å². The maximum Gasteiger partial charge on any atom is 0.138 e. The molecule has 29 heavy (non-hydrogen) atoms. The number of hydrogen-bond donors (Lipinski definition) is 2. The molecule has 0 fully saturated rings. The van der Waals surface area contributed by atoms with Crippen molar-refractivity contribution in [2.24, 2.45) is 0 Å². The van der Waals surface area contributed by atoms with E-state index < -0.39 is 0 Å². The van der Waals surface area contributed by atoms with Gasteiger partial charge < -0.3 is 19.7 Å². The Morgan fingerprint density at radius 2 is 1.45 bits per heavy atom. The first-order valence-corrected chi connectivity index (χ1v) is 9.54. The van der Waals surface area contributed by atoms with E-state index in [4.69, 9.17) is 9.47 Å². The second-order valence-electron chi connectivity index (χ2n) is 7.50. The van der Waals surface area contributed by atoms with Gasteiger partial charge in [0.1, 0.15) is 29.1 Å². The van der Waals surface area contributed by atoms with Crippen molar-refractivity contribution in [1.82, 2.24) is 0 Å². The smallest absolute Gasteiger partial charge is 0.138 e. The minimum atomic E-state index is -0.248. The Morgan fingerprint density at radius 1 is 0.897 bits per heavy atom. The highest BCUT2D eigenvalue weighted by Gasteiger charge is 2.43. The number of phenolic OH excluding ortho intramolecular Hbond substituents is 2. The van der Waals surface area contributed by atoms with E-state index in [0.29, 0.717) is 42.1 Å². The summed E-state index contributed by atoms with van der Waals surface area (Å²) in [6.07, 6.45) is 4.02. The van der Waals surface area contributed by atoms with Gasteiger partial charge in [0.25, 0.3) is 0 Å². The van der Waals surface area contributed by atoms with Crippen LogP contribution in [0.25, 0.3) is 0 Å². The topological polar surface area (TPSA) is 58.9 Å². The van der Waals surface area contributed by atoms with Crippen LogP contribution in [-0.2, 0) is 12.8 Å². The largest absolute Gasteiger partial charge is 0.508 e. The summed E-state index contributed by atoms with van der Waals surface area (Å²) in [5.74, 6) is 1.68. The second-order valence-corrected chi connectivity index (χ2v) is 7.50. The van der Waals surface area contributed by atoms with E-state index in [1.807, 2.05) is 12.1 Å². The summed E-state index contributed by atoms with van der Waals surface area (Å²) >= 11 is 0. The molecule has 2 atom stereocenters. The molecule has 2 heterocycles. The molecule has 4 heteroatoms. The Bertz CT molecular complexity index is 1050. The average Bonchev–Trinajstić information content (AvgIpc) is 3.10. The maximum atomic E-state index is 10.4. The van der Waals surface area contributed by atoms with Gasteiger partial charge in [-0.1, -0.05) is 55.7 Å². The zero-order valence-electron chi connectivity index (χ0n) is 16.3. The average molecular weight is 388 g/mol. The minimum Gasteiger partial charge on any atom is -0.508 e. The molecule has 0 radical (unpaired) electrons. The van der Waals surface area contributed by atoms with Crippen LogP contribution < -0.4 is 9.47 Å². The van der Waals surface area contributed by atoms with Crippen molar-refractivity contribution >= 4 is 0 Å². The van der Waals surface area contributed by atoms with Crippen molar-refractivity contribution in [1.29, 1.82) is 0 Å². The number of rotatable bonds is 6. The summed E-state index contributed by atoms with van der Waals surface area (Å²) in [7, 11) is 0. The molecule has 2 N–H and O–H groups in total. The van der Waals surface area contributed by atoms with Gasteiger partial charge in [-0.3, -0.25) is 0 Å². The van der Waals surface area contributed by atoms with Crippen LogP contribution in [0.3, 0.4) is 0 Å². The molecule has 0 aromatic heterocycles. The highest BCUT2D eigenvalue weighted by atomic mass is 16.5. The molecule has 2 unspecified atom stereocenters. The Hall–Kier alpha value is -3.40. The van der Waals surface area contributed by atoms with Gasteiger partial charge >= 0.3 is 0 Å². The normalized spacial score (nSPS) is 18.5. The van der Waals surface area contributed by atoms with Gasteiger partial charge in [0.05, 0.1) is 12.5 Å². The molecule has 0 spiro atoms. The molecule has 0 aliphatic carbocycles. The summed E-state index contributed by atoms with van der Waals surface area (Å²) in [4.78, 5) is 0. The van der Waals surface area contributed by atoms with E-state index in [0.717, 1.165) is 22.3 Å². The fraction of sp³-hybridized carbons (Fsp3) is 0.200. The van der Waals surface area contributed by atoms with Gasteiger partial charge in [-0.2, -0.15) is 0 Å². The van der Waals surface area contributed by atoms with Gasteiger partial charge in [-0.05, 0) is 18.2 Å². The molecule has 0 amide bonds. The minimum absolute atomic E-state index is 0.00819. The van der Waals surface area contributed by atoms with Crippen molar-refractivity contribution < 1.29 is 19.7 Å². The van der Waals surface area contributed by atoms with Crippen molar-refractivity contribution in [3.05, 3.63) is 96.1 Å². The van der Waals surface area contributed by atoms with Crippen molar-refractivity contribution in [3.63, 3.8) is 0 Å². The molecular weight excluding hydrogens is 364 g/mol. The summed E-state index contributed by atoms with van der Waals surface area (Å²) in [6.45, 7) is 15.8. The van der Waals surface area contributed by atoms with E-state index in [9.17, 15) is 10.2 Å². The fourth-order valence-corrected chi connectivity index (χ4v) is 4.04. The first-order chi connectivity index (χ1) is 13.9. The Balaban J connectivity index is 1.77. The molecule has 0 saturated carbocycles. The zero-order valence-corrected chi connectivity index (χ0v) is 16.3. The van der Waals surface area contributed by atoms with Gasteiger partial charge in [0, 0.05) is 35.1 Å². The highest BCUT2D eigenvalue weighted by molar-refractivity contribution is 5.60. The first-order valence-electron chi connectivity index (χ1n) is 9.54. The van der Waals surface area contributed by atoms with E-state index >= 15 is 0 Å². The van der Waals surface area contributed by atoms with Crippen LogP contribution in [0.2, 0.25) is 0 Å². The predicted molar refractivity (Wildman–Crippen MR) is 114 cm³/mol. The van der Waals surface area contributed by atoms with Gasteiger partial charge in [-0.25, -0.2) is 0 Å². The lowest BCUT2D eigenvalue weighted by molar-refractivity contribution is 0.137. The zero-order chi connectivity index (χ0) is 20.7. The number of hydrogen-bond acceptors (Lipinski definition) is 4. The summed E-state index contributed by atoms with van der Waals surface area (Å²) in [6, 6.07) is 7.10. The quantitative estimate of drug-likeness (QED) is 0.661. The fourth-order valence-electron chi connectivity index (χ4n) is 4.04. The molecular formula is C25H24O4. The third-order valence-corrected chi connectivity index (χ3v) is 5.64. The van der Waals surface area contributed by atoms with E-state index in [-0.39, 0.29) is 23.5 Å². The predicted octanol–water partition coefficient (Wildman–Crippen LogP) is 5.28. The molecule has 2 aliphatic rings. The first kappa shape index (κ1) is 18.9. The third kappa shape index (κ3) is 3.11. The van der Waals surface area contributed by atoms with Crippen LogP contribution in [0.1, 0.15) is 34.3 Å². The number of benzene rings is 2. The van der Waals surface area contributed by atoms with Crippen LogP contribution in [0.5, 0.6) is 23.0 Å². The number of fused-ring (bicyclic) bond motifs is 5. The van der Waals surface area contributed by atoms with Crippen LogP contribution in [0.15, 0.2) is 73.9 Å². The number of phenols is 2. The SMILES string of the molecule is C=CC(=C)Cc1c(O)ccc2c1OC1c3ccc(O)c(CC(=C)C=C)c3OCC21. The van der Waals surface area contributed by atoms with Crippen LogP contribution >= 0.6 is 0 Å². The molecule has 4 rings (SSSR count). The molecule has 2 aliphatic heterocycles. The third-order valence-electron chi connectivity index (χ3n) is 5.64. The maximum absolute atomic E-state index is 10.4. The Kier molecular flexibility index (Phi) is 4.71. The summed E-state index contributed by atoms with van der Waals surface area (Å²) in [5.41, 5.74) is 4.89. The molecule has 4 nitrogen and oxygen atoms in total. The molecule has 2 aromatic carbocycles. The number of allylic oxidation sites excluding steroid dienone is 4. The van der Waals surface area contributed by atoms with E-state index in [1.54, 1.807) is 24.3 Å². The molecule has 2 aromatic rings. The molecule has 0 bridgehead atoms. The van der Waals surface area contributed by atoms with Gasteiger partial charge in [0.15, 0.2) is 0 Å². The standard InChI is InChI=1S/C25H24O4/c1-5-14(3)11-18-21(26)10-8-17-23(18)28-13-20-16-7-9-22(27)19(12-15(4)6-2)24(16)29-25(17)20/h5-10,20,25-27H,1-4,11-13H2. The second kappa shape index (κ2) is 7.21. The van der Waals surface area contributed by atoms with E-state index in [1.165, 1.54) is 0 Å². The van der Waals surface area contributed by atoms with Gasteiger partial charge in [0.2, 0.25) is 0 Å². The lowest BCUT2D eigenvalue weighted by Crippen LogP contribution is -2.24. The number of aromatic hydroxyl groups is 2. The molecule has 0 saturated heterocycles. The monoisotopic (exact) mass is 388 g/mol. The van der Waals surface area contributed by atoms with E-state index in [2.05, 4.69) is 26.3 Å². The van der Waals surface area contributed by atoms with Crippen molar-refractivity contribution in [3.8, 4) is 23.0 Å². The van der Waals surface area contributed by atoms with Crippen LogP contribution in [-0.4, -0.2) is 16.8 Å². The van der Waals surface area contributed by atoms with Crippen LogP contribution in [0, 0.1) is 0 Å². The summed E-state index contributed by atoms with van der Waals surface area (Å²) in [5, 5.41) is 20.8. The Morgan fingerprint density at radius 3 is 2.03 bits per heavy atom. The Labute approximate surface area is 170 Å². The molecule has 148 valence electrons. The van der Waals surface area contributed by atoms with Crippen LogP contribution in [0.4, 0.5) is 0 Å². The lowest BCUT2D eigenvalue weighted by atomic mass is 9.86. The summed E-state index contributed by atoms with van der Waals surface area (Å²) < 4.78 is 12.5. The number of ether oxygens (including phenoxy) is 2. The lowest BCUT2D eigenvalue weighted by Gasteiger charge is -2.29.